The molecular formula is C11H17N3O5S. The number of carboxylic acids is 1. The van der Waals surface area contributed by atoms with Gasteiger partial charge in [0.25, 0.3) is 0 Å². The number of aliphatic carboxylic acids is 1. The van der Waals surface area contributed by atoms with Gasteiger partial charge >= 0.3 is 18.1 Å². The average molecular weight is 303 g/mol. The van der Waals surface area contributed by atoms with Crippen molar-refractivity contribution in [1.29, 1.82) is 0 Å². The summed E-state index contributed by atoms with van der Waals surface area (Å²) in [4.78, 5) is 35.1. The first-order valence-electron chi connectivity index (χ1n) is 6.33. The summed E-state index contributed by atoms with van der Waals surface area (Å²) in [6, 6.07) is -1.24. The maximum absolute atomic E-state index is 12.1. The van der Waals surface area contributed by atoms with E-state index in [1.54, 1.807) is 0 Å². The number of thioether (sulfide) groups is 1. The Balaban J connectivity index is 1.89. The first-order valence-corrected chi connectivity index (χ1v) is 7.38. The van der Waals surface area contributed by atoms with E-state index in [0.29, 0.717) is 11.7 Å². The third-order valence-electron chi connectivity index (χ3n) is 3.20. The molecule has 1 aliphatic heterocycles. The third kappa shape index (κ3) is 3.47. The zero-order chi connectivity index (χ0) is 14.7. The summed E-state index contributed by atoms with van der Waals surface area (Å²) >= 11 is 1.51. The van der Waals surface area contributed by atoms with Crippen molar-refractivity contribution in [1.82, 2.24) is 10.2 Å². The van der Waals surface area contributed by atoms with Crippen LogP contribution in [0.3, 0.4) is 0 Å². The minimum Gasteiger partial charge on any atom is -0.480 e. The molecule has 4 N–H and O–H groups in total. The van der Waals surface area contributed by atoms with Crippen molar-refractivity contribution in [2.75, 3.05) is 18.9 Å². The highest BCUT2D eigenvalue weighted by atomic mass is 32.2. The van der Waals surface area contributed by atoms with Gasteiger partial charge in [-0.1, -0.05) is 0 Å². The van der Waals surface area contributed by atoms with Crippen molar-refractivity contribution in [3.63, 3.8) is 0 Å². The van der Waals surface area contributed by atoms with Gasteiger partial charge in [-0.3, -0.25) is 4.90 Å². The second-order valence-electron chi connectivity index (χ2n) is 4.72. The van der Waals surface area contributed by atoms with Gasteiger partial charge in [-0.25, -0.2) is 14.4 Å². The van der Waals surface area contributed by atoms with Crippen LogP contribution < -0.4 is 11.1 Å². The van der Waals surface area contributed by atoms with Crippen LogP contribution in [-0.2, 0) is 9.53 Å². The first-order chi connectivity index (χ1) is 9.50. The highest BCUT2D eigenvalue weighted by molar-refractivity contribution is 8.00. The predicted molar refractivity (Wildman–Crippen MR) is 71.2 cm³/mol. The molecule has 20 heavy (non-hydrogen) atoms. The molecule has 2 fully saturated rings. The number of nitrogens with two attached hydrogens (primary N) is 1. The number of hydrogen-bond acceptors (Lipinski definition) is 5. The Morgan fingerprint density at radius 2 is 2.10 bits per heavy atom. The number of carbonyl (C=O) groups excluding carboxylic acids is 2. The molecule has 3 amide bonds. The molecule has 0 aromatic carbocycles. The SMILES string of the molecule is NC(=O)OCCNC(=O)N1C(C(=O)O)CSC1C1CC1. The normalized spacial score (nSPS) is 25.3. The number of carboxylic acid groups (broad SMARTS) is 1. The summed E-state index contributed by atoms with van der Waals surface area (Å²) in [6.45, 7) is 0.0700. The van der Waals surface area contributed by atoms with E-state index >= 15 is 0 Å². The highest BCUT2D eigenvalue weighted by Gasteiger charge is 2.48. The van der Waals surface area contributed by atoms with Gasteiger partial charge in [-0.15, -0.1) is 11.8 Å². The van der Waals surface area contributed by atoms with Gasteiger partial charge in [0.05, 0.1) is 11.9 Å². The number of nitrogens with one attached hydrogen (secondary N) is 1. The maximum atomic E-state index is 12.1. The quantitative estimate of drug-likeness (QED) is 0.616. The lowest BCUT2D eigenvalue weighted by molar-refractivity contribution is -0.141. The molecule has 1 heterocycles. The number of carbonyl (C=O) groups is 3. The largest absolute Gasteiger partial charge is 0.480 e. The minimum atomic E-state index is -0.996. The van der Waals surface area contributed by atoms with E-state index in [1.165, 1.54) is 16.7 Å². The Kier molecular flexibility index (Phi) is 4.58. The lowest BCUT2D eigenvalue weighted by Crippen LogP contribution is -2.51. The fourth-order valence-electron chi connectivity index (χ4n) is 2.12. The summed E-state index contributed by atoms with van der Waals surface area (Å²) in [5.74, 6) is -0.206. The van der Waals surface area contributed by atoms with Crippen LogP contribution in [0.15, 0.2) is 0 Å². The number of nitrogens with zero attached hydrogens (tertiary/aromatic N) is 1. The fourth-order valence-corrected chi connectivity index (χ4v) is 3.75. The van der Waals surface area contributed by atoms with Crippen LogP contribution in [0.4, 0.5) is 9.59 Å². The molecule has 2 unspecified atom stereocenters. The van der Waals surface area contributed by atoms with Gasteiger partial charge in [0.2, 0.25) is 0 Å². The fraction of sp³-hybridized carbons (Fsp3) is 0.727. The number of amides is 3. The molecular weight excluding hydrogens is 286 g/mol. The van der Waals surface area contributed by atoms with Crippen LogP contribution in [0.1, 0.15) is 12.8 Å². The van der Waals surface area contributed by atoms with E-state index in [9.17, 15) is 19.5 Å². The number of primary amides is 1. The molecule has 8 nitrogen and oxygen atoms in total. The number of urea groups is 1. The zero-order valence-corrected chi connectivity index (χ0v) is 11.6. The Bertz CT molecular complexity index is 415. The van der Waals surface area contributed by atoms with Gasteiger partial charge in [0.15, 0.2) is 0 Å². The molecule has 1 saturated heterocycles. The minimum absolute atomic E-state index is 0.0338. The van der Waals surface area contributed by atoms with Crippen LogP contribution in [0, 0.1) is 5.92 Å². The topological polar surface area (TPSA) is 122 Å². The summed E-state index contributed by atoms with van der Waals surface area (Å²) in [5, 5.41) is 11.7. The molecule has 1 aliphatic carbocycles. The molecule has 2 atom stereocenters. The van der Waals surface area contributed by atoms with Crippen molar-refractivity contribution in [3.8, 4) is 0 Å². The van der Waals surface area contributed by atoms with Crippen molar-refractivity contribution in [3.05, 3.63) is 0 Å². The Labute approximate surface area is 120 Å². The molecule has 9 heteroatoms. The van der Waals surface area contributed by atoms with E-state index in [-0.39, 0.29) is 18.5 Å². The zero-order valence-electron chi connectivity index (χ0n) is 10.8. The lowest BCUT2D eigenvalue weighted by Gasteiger charge is -2.27. The second-order valence-corrected chi connectivity index (χ2v) is 5.87. The van der Waals surface area contributed by atoms with Crippen molar-refractivity contribution in [2.45, 2.75) is 24.3 Å². The van der Waals surface area contributed by atoms with Gasteiger partial charge in [-0.05, 0) is 18.8 Å². The standard InChI is InChI=1S/C11H17N3O5S/c12-10(17)19-4-3-13-11(18)14-7(9(15)16)5-20-8(14)6-1-2-6/h6-8H,1-5H2,(H2,12,17)(H,13,18)(H,15,16). The Hall–Kier alpha value is -1.64. The summed E-state index contributed by atoms with van der Waals surface area (Å²) < 4.78 is 4.50. The van der Waals surface area contributed by atoms with Gasteiger partial charge in [0.1, 0.15) is 12.6 Å². The first kappa shape index (κ1) is 14.8. The van der Waals surface area contributed by atoms with E-state index in [4.69, 9.17) is 5.73 Å². The Morgan fingerprint density at radius 1 is 1.40 bits per heavy atom. The summed E-state index contributed by atoms with van der Waals surface area (Å²) in [6.07, 6.45) is 1.15. The van der Waals surface area contributed by atoms with Crippen molar-refractivity contribution in [2.24, 2.45) is 11.7 Å². The van der Waals surface area contributed by atoms with Crippen LogP contribution in [0.5, 0.6) is 0 Å². The van der Waals surface area contributed by atoms with E-state index in [1.807, 2.05) is 0 Å². The predicted octanol–water partition coefficient (Wildman–Crippen LogP) is 0.0294. The second kappa shape index (κ2) is 6.21. The Morgan fingerprint density at radius 3 is 2.65 bits per heavy atom. The summed E-state index contributed by atoms with van der Waals surface area (Å²) in [7, 11) is 0. The maximum Gasteiger partial charge on any atom is 0.404 e. The van der Waals surface area contributed by atoms with Crippen molar-refractivity contribution >= 4 is 29.9 Å². The molecule has 0 spiro atoms. The molecule has 112 valence electrons. The van der Waals surface area contributed by atoms with Crippen LogP contribution in [-0.4, -0.2) is 58.4 Å². The average Bonchev–Trinajstić information content (AvgIpc) is 3.12. The molecule has 0 aromatic heterocycles. The number of ether oxygens (including phenoxy) is 1. The van der Waals surface area contributed by atoms with Crippen LogP contribution >= 0.6 is 11.8 Å². The van der Waals surface area contributed by atoms with E-state index < -0.39 is 24.1 Å². The molecule has 2 rings (SSSR count). The smallest absolute Gasteiger partial charge is 0.404 e. The van der Waals surface area contributed by atoms with Gasteiger partial charge in [0, 0.05) is 5.75 Å². The van der Waals surface area contributed by atoms with Gasteiger partial charge in [-0.2, -0.15) is 0 Å². The molecule has 1 saturated carbocycles. The molecule has 2 aliphatic rings. The molecule has 0 aromatic rings. The van der Waals surface area contributed by atoms with E-state index in [2.05, 4.69) is 10.1 Å². The molecule has 0 bridgehead atoms. The number of rotatable bonds is 5. The van der Waals surface area contributed by atoms with Crippen LogP contribution in [0.25, 0.3) is 0 Å². The van der Waals surface area contributed by atoms with Crippen LogP contribution in [0.2, 0.25) is 0 Å². The lowest BCUT2D eigenvalue weighted by atomic mass is 10.2. The number of hydrogen-bond donors (Lipinski definition) is 3. The summed E-state index contributed by atoms with van der Waals surface area (Å²) in [5.41, 5.74) is 4.80. The third-order valence-corrected chi connectivity index (χ3v) is 4.66. The van der Waals surface area contributed by atoms with E-state index in [0.717, 1.165) is 12.8 Å². The van der Waals surface area contributed by atoms with Gasteiger partial charge < -0.3 is 20.9 Å². The molecule has 0 radical (unpaired) electrons. The highest BCUT2D eigenvalue weighted by Crippen LogP contribution is 2.45. The monoisotopic (exact) mass is 303 g/mol. The van der Waals surface area contributed by atoms with Crippen molar-refractivity contribution < 1.29 is 24.2 Å².